The first-order chi connectivity index (χ1) is 10.3. The van der Waals surface area contributed by atoms with E-state index in [1.54, 1.807) is 11.3 Å². The number of ketones is 1. The van der Waals surface area contributed by atoms with Crippen molar-refractivity contribution in [3.63, 3.8) is 0 Å². The zero-order chi connectivity index (χ0) is 14.3. The van der Waals surface area contributed by atoms with Crippen molar-refractivity contribution >= 4 is 17.1 Å². The maximum Gasteiger partial charge on any atom is 0.172 e. The van der Waals surface area contributed by atoms with Crippen LogP contribution in [0.1, 0.15) is 36.1 Å². The lowest BCUT2D eigenvalue weighted by molar-refractivity contribution is -0.116. The van der Waals surface area contributed by atoms with E-state index in [1.807, 2.05) is 24.3 Å². The van der Waals surface area contributed by atoms with E-state index in [9.17, 15) is 4.79 Å². The molecular weight excluding hydrogens is 280 g/mol. The first kappa shape index (κ1) is 12.8. The fourth-order valence-corrected chi connectivity index (χ4v) is 4.21. The number of rotatable bonds is 2. The number of hydrogen-bond donors (Lipinski definition) is 0. The molecule has 1 atom stereocenters. The van der Waals surface area contributed by atoms with Gasteiger partial charge in [0.15, 0.2) is 11.4 Å². The molecule has 3 heteroatoms. The number of Topliss-reactive ketones (excluding diaryl/α,β-unsaturated/α-hetero) is 1. The topological polar surface area (TPSA) is 26.3 Å². The third-order valence-corrected chi connectivity index (χ3v) is 5.38. The molecule has 1 unspecified atom stereocenters. The van der Waals surface area contributed by atoms with Crippen molar-refractivity contribution in [2.24, 2.45) is 0 Å². The maximum atomic E-state index is 12.2. The summed E-state index contributed by atoms with van der Waals surface area (Å²) in [6, 6.07) is 14.4. The highest BCUT2D eigenvalue weighted by atomic mass is 32.1. The average molecular weight is 296 g/mol. The van der Waals surface area contributed by atoms with Gasteiger partial charge in [-0.15, -0.1) is 11.3 Å². The van der Waals surface area contributed by atoms with Gasteiger partial charge in [0.1, 0.15) is 5.76 Å². The normalized spacial score (nSPS) is 24.9. The van der Waals surface area contributed by atoms with E-state index in [4.69, 9.17) is 4.74 Å². The summed E-state index contributed by atoms with van der Waals surface area (Å²) >= 11 is 1.70. The Morgan fingerprint density at radius 1 is 1.05 bits per heavy atom. The first-order valence-electron chi connectivity index (χ1n) is 7.33. The summed E-state index contributed by atoms with van der Waals surface area (Å²) in [5.74, 6) is 1.19. The highest BCUT2D eigenvalue weighted by molar-refractivity contribution is 7.10. The van der Waals surface area contributed by atoms with Gasteiger partial charge in [-0.1, -0.05) is 36.4 Å². The summed E-state index contributed by atoms with van der Waals surface area (Å²) in [4.78, 5) is 13.4. The summed E-state index contributed by atoms with van der Waals surface area (Å²) in [6.07, 6.45) is 3.14. The van der Waals surface area contributed by atoms with Gasteiger partial charge in [0.2, 0.25) is 0 Å². The molecule has 0 amide bonds. The highest BCUT2D eigenvalue weighted by Crippen LogP contribution is 2.50. The number of ether oxygens (including phenoxy) is 1. The van der Waals surface area contributed by atoms with Crippen molar-refractivity contribution < 1.29 is 9.53 Å². The van der Waals surface area contributed by atoms with E-state index in [1.165, 1.54) is 4.88 Å². The van der Waals surface area contributed by atoms with E-state index in [0.29, 0.717) is 12.8 Å². The summed E-state index contributed by atoms with van der Waals surface area (Å²) in [5.41, 5.74) is 1.55. The van der Waals surface area contributed by atoms with Crippen LogP contribution in [0.25, 0.3) is 0 Å². The van der Waals surface area contributed by atoms with E-state index >= 15 is 0 Å². The molecule has 0 fully saturated rings. The predicted molar refractivity (Wildman–Crippen MR) is 83.1 cm³/mol. The number of carbonyl (C=O) groups is 1. The molecule has 2 aromatic rings. The van der Waals surface area contributed by atoms with Crippen molar-refractivity contribution in [1.29, 1.82) is 0 Å². The summed E-state index contributed by atoms with van der Waals surface area (Å²) < 4.78 is 6.42. The fraction of sp³-hybridized carbons (Fsp3) is 0.278. The molecule has 21 heavy (non-hydrogen) atoms. The number of hydrogen-bond acceptors (Lipinski definition) is 3. The Morgan fingerprint density at radius 2 is 1.90 bits per heavy atom. The van der Waals surface area contributed by atoms with Crippen molar-refractivity contribution in [2.45, 2.75) is 31.3 Å². The Labute approximate surface area is 128 Å². The molecule has 106 valence electrons. The lowest BCUT2D eigenvalue weighted by atomic mass is 9.84. The van der Waals surface area contributed by atoms with Crippen LogP contribution >= 0.6 is 11.3 Å². The van der Waals surface area contributed by atoms with Crippen LogP contribution in [0, 0.1) is 0 Å². The monoisotopic (exact) mass is 296 g/mol. The molecule has 2 nitrogen and oxygen atoms in total. The quantitative estimate of drug-likeness (QED) is 0.820. The van der Waals surface area contributed by atoms with Crippen LogP contribution in [-0.4, -0.2) is 5.78 Å². The van der Waals surface area contributed by atoms with Gasteiger partial charge >= 0.3 is 0 Å². The smallest absolute Gasteiger partial charge is 0.172 e. The van der Waals surface area contributed by atoms with Gasteiger partial charge in [0.05, 0.1) is 4.88 Å². The van der Waals surface area contributed by atoms with E-state index in [2.05, 4.69) is 23.6 Å². The van der Waals surface area contributed by atoms with E-state index in [-0.39, 0.29) is 5.78 Å². The van der Waals surface area contributed by atoms with Crippen LogP contribution in [0.5, 0.6) is 0 Å². The second-order valence-electron chi connectivity index (χ2n) is 5.63. The second kappa shape index (κ2) is 4.85. The number of allylic oxidation sites excluding steroid dienone is 1. The average Bonchev–Trinajstić information content (AvgIpc) is 3.17. The minimum atomic E-state index is -0.500. The van der Waals surface area contributed by atoms with Gasteiger partial charge in [-0.2, -0.15) is 0 Å². The van der Waals surface area contributed by atoms with Crippen LogP contribution < -0.4 is 0 Å². The molecule has 0 radical (unpaired) electrons. The number of carbonyl (C=O) groups excluding carboxylic acids is 1. The van der Waals surface area contributed by atoms with Gasteiger partial charge in [0, 0.05) is 30.4 Å². The zero-order valence-electron chi connectivity index (χ0n) is 11.7. The lowest BCUT2D eigenvalue weighted by Crippen LogP contribution is -2.26. The molecule has 4 rings (SSSR count). The molecule has 2 heterocycles. The molecule has 1 aromatic heterocycles. The summed E-state index contributed by atoms with van der Waals surface area (Å²) in [6.45, 7) is 0. The van der Waals surface area contributed by atoms with Gasteiger partial charge in [-0.25, -0.2) is 0 Å². The van der Waals surface area contributed by atoms with Crippen molar-refractivity contribution in [2.75, 3.05) is 0 Å². The third-order valence-electron chi connectivity index (χ3n) is 4.36. The Hall–Kier alpha value is -1.87. The Balaban J connectivity index is 1.84. The zero-order valence-corrected chi connectivity index (χ0v) is 12.5. The first-order valence-corrected chi connectivity index (χ1v) is 8.21. The molecule has 1 aliphatic carbocycles. The molecule has 2 aliphatic rings. The van der Waals surface area contributed by atoms with E-state index < -0.39 is 5.60 Å². The Kier molecular flexibility index (Phi) is 2.96. The van der Waals surface area contributed by atoms with Gasteiger partial charge in [-0.3, -0.25) is 4.79 Å². The number of benzene rings is 1. The Bertz CT molecular complexity index is 700. The van der Waals surface area contributed by atoms with Crippen LogP contribution in [0.15, 0.2) is 59.2 Å². The van der Waals surface area contributed by atoms with Gasteiger partial charge in [0.25, 0.3) is 0 Å². The molecule has 0 spiro atoms. The van der Waals surface area contributed by atoms with Crippen molar-refractivity contribution in [1.82, 2.24) is 0 Å². The molecule has 1 aromatic carbocycles. The van der Waals surface area contributed by atoms with Crippen LogP contribution in [0.2, 0.25) is 0 Å². The molecule has 0 saturated carbocycles. The van der Waals surface area contributed by atoms with E-state index in [0.717, 1.165) is 29.7 Å². The molecule has 1 aliphatic heterocycles. The van der Waals surface area contributed by atoms with Crippen LogP contribution in [0.4, 0.5) is 0 Å². The van der Waals surface area contributed by atoms with Crippen LogP contribution in [-0.2, 0) is 15.1 Å². The molecule has 0 saturated heterocycles. The minimum absolute atomic E-state index is 0.269. The summed E-state index contributed by atoms with van der Waals surface area (Å²) in [5, 5.41) is 2.07. The Morgan fingerprint density at radius 3 is 2.62 bits per heavy atom. The number of thiophene rings is 1. The highest BCUT2D eigenvalue weighted by Gasteiger charge is 2.47. The van der Waals surface area contributed by atoms with Gasteiger partial charge in [-0.05, 0) is 17.9 Å². The second-order valence-corrected chi connectivity index (χ2v) is 6.58. The maximum absolute atomic E-state index is 12.2. The molecular formula is C18H16O2S. The van der Waals surface area contributed by atoms with Crippen LogP contribution in [0.3, 0.4) is 0 Å². The third kappa shape index (κ3) is 1.95. The largest absolute Gasteiger partial charge is 0.481 e. The fourth-order valence-electron chi connectivity index (χ4n) is 3.33. The summed E-state index contributed by atoms with van der Waals surface area (Å²) in [7, 11) is 0. The standard InChI is InChI=1S/C18H16O2S/c19-15-8-4-9-16-14(15)12-18(20-16,17-10-5-11-21-17)13-6-2-1-3-7-13/h1-3,5-7,10-11H,4,8-9,12H2. The minimum Gasteiger partial charge on any atom is -0.481 e. The van der Waals surface area contributed by atoms with Crippen molar-refractivity contribution in [3.05, 3.63) is 69.6 Å². The molecule has 0 N–H and O–H groups in total. The SMILES string of the molecule is O=C1CCCC2=C1CC(c1ccccc1)(c1cccs1)O2. The lowest BCUT2D eigenvalue weighted by Gasteiger charge is -2.29. The van der Waals surface area contributed by atoms with Crippen molar-refractivity contribution in [3.8, 4) is 0 Å². The predicted octanol–water partition coefficient (Wildman–Crippen LogP) is 4.42. The molecule has 0 bridgehead atoms. The van der Waals surface area contributed by atoms with Gasteiger partial charge < -0.3 is 4.74 Å².